The summed E-state index contributed by atoms with van der Waals surface area (Å²) >= 11 is 0. The van der Waals surface area contributed by atoms with Crippen molar-refractivity contribution in [1.82, 2.24) is 0 Å². The molecule has 0 aliphatic rings. The first kappa shape index (κ1) is 8.78. The summed E-state index contributed by atoms with van der Waals surface area (Å²) in [5.74, 6) is -2.68. The van der Waals surface area contributed by atoms with E-state index >= 15 is 0 Å². The highest BCUT2D eigenvalue weighted by Gasteiger charge is 2.23. The molecule has 0 fully saturated rings. The van der Waals surface area contributed by atoms with Crippen LogP contribution in [-0.2, 0) is 0 Å². The first-order chi connectivity index (χ1) is 3.95. The Hall–Kier alpha value is -0.220. The molecule has 4 heteroatoms. The van der Waals surface area contributed by atoms with Crippen molar-refractivity contribution in [2.24, 2.45) is 11.5 Å². The number of rotatable bonds is 3. The van der Waals surface area contributed by atoms with E-state index in [0.29, 0.717) is 0 Å². The number of alkyl halides is 2. The molecule has 0 amide bonds. The van der Waals surface area contributed by atoms with Gasteiger partial charge in [-0.1, -0.05) is 0 Å². The van der Waals surface area contributed by atoms with Gasteiger partial charge in [-0.15, -0.1) is 0 Å². The summed E-state index contributed by atoms with van der Waals surface area (Å²) in [5.41, 5.74) is 10.2. The van der Waals surface area contributed by atoms with E-state index in [2.05, 4.69) is 0 Å². The smallest absolute Gasteiger partial charge is 0.246 e. The van der Waals surface area contributed by atoms with Gasteiger partial charge in [0.05, 0.1) is 0 Å². The highest BCUT2D eigenvalue weighted by molar-refractivity contribution is 4.69. The van der Waals surface area contributed by atoms with Gasteiger partial charge in [-0.3, -0.25) is 0 Å². The van der Waals surface area contributed by atoms with Crippen LogP contribution in [0.2, 0.25) is 0 Å². The minimum atomic E-state index is -2.68. The molecule has 4 N–H and O–H groups in total. The van der Waals surface area contributed by atoms with E-state index in [1.54, 1.807) is 0 Å². The Kier molecular flexibility index (Phi) is 3.00. The Morgan fingerprint density at radius 1 is 1.56 bits per heavy atom. The van der Waals surface area contributed by atoms with Crippen molar-refractivity contribution in [2.75, 3.05) is 6.54 Å². The Labute approximate surface area is 53.2 Å². The average molecular weight is 138 g/mol. The summed E-state index contributed by atoms with van der Waals surface area (Å²) in [6.45, 7) is 0.950. The third-order valence-electron chi connectivity index (χ3n) is 0.923. The molecular formula is C5H12F2N2. The number of hydrogen-bond donors (Lipinski definition) is 2. The normalized spacial score (nSPS) is 15.7. The maximum absolute atomic E-state index is 12.0. The average Bonchev–Trinajstić information content (AvgIpc) is 1.62. The largest absolute Gasteiger partial charge is 0.329 e. The van der Waals surface area contributed by atoms with Gasteiger partial charge in [0.25, 0.3) is 0 Å². The zero-order valence-electron chi connectivity index (χ0n) is 5.40. The predicted octanol–water partition coefficient (Wildman–Crippen LogP) is 0.318. The van der Waals surface area contributed by atoms with Crippen molar-refractivity contribution in [2.45, 2.75) is 25.3 Å². The Balaban J connectivity index is 3.47. The molecule has 0 aliphatic carbocycles. The number of hydrogen-bond acceptors (Lipinski definition) is 2. The van der Waals surface area contributed by atoms with Gasteiger partial charge in [0.15, 0.2) is 0 Å². The first-order valence-corrected chi connectivity index (χ1v) is 2.79. The van der Waals surface area contributed by atoms with Gasteiger partial charge < -0.3 is 11.5 Å². The van der Waals surface area contributed by atoms with Gasteiger partial charge in [-0.05, 0) is 6.92 Å². The zero-order valence-corrected chi connectivity index (χ0v) is 5.40. The standard InChI is InChI=1S/C5H12F2N2/c1-5(6,7)2-4(9)3-8/h4H,2-3,8-9H2,1H3. The quantitative estimate of drug-likeness (QED) is 0.590. The lowest BCUT2D eigenvalue weighted by Crippen LogP contribution is -2.34. The number of nitrogens with two attached hydrogens (primary N) is 2. The van der Waals surface area contributed by atoms with Crippen molar-refractivity contribution in [3.05, 3.63) is 0 Å². The highest BCUT2D eigenvalue weighted by atomic mass is 19.3. The lowest BCUT2D eigenvalue weighted by molar-refractivity contribution is 0.00717. The molecule has 0 heterocycles. The summed E-state index contributed by atoms with van der Waals surface area (Å²) < 4.78 is 24.0. The summed E-state index contributed by atoms with van der Waals surface area (Å²) in [5, 5.41) is 0. The summed E-state index contributed by atoms with van der Waals surface area (Å²) in [6.07, 6.45) is -0.330. The molecule has 0 saturated carbocycles. The predicted molar refractivity (Wildman–Crippen MR) is 32.3 cm³/mol. The second-order valence-corrected chi connectivity index (χ2v) is 2.27. The van der Waals surface area contributed by atoms with Gasteiger partial charge in [-0.2, -0.15) is 0 Å². The third-order valence-corrected chi connectivity index (χ3v) is 0.923. The van der Waals surface area contributed by atoms with Crippen LogP contribution >= 0.6 is 0 Å². The van der Waals surface area contributed by atoms with Crippen LogP contribution < -0.4 is 11.5 Å². The van der Waals surface area contributed by atoms with Crippen LogP contribution in [0.25, 0.3) is 0 Å². The van der Waals surface area contributed by atoms with Crippen LogP contribution in [0.15, 0.2) is 0 Å². The second-order valence-electron chi connectivity index (χ2n) is 2.27. The molecule has 0 saturated heterocycles. The van der Waals surface area contributed by atoms with Gasteiger partial charge in [0.1, 0.15) is 0 Å². The molecule has 0 spiro atoms. The fraction of sp³-hybridized carbons (Fsp3) is 1.00. The third kappa shape index (κ3) is 5.65. The van der Waals surface area contributed by atoms with Crippen LogP contribution in [-0.4, -0.2) is 18.5 Å². The van der Waals surface area contributed by atoms with E-state index in [0.717, 1.165) is 6.92 Å². The topological polar surface area (TPSA) is 52.0 Å². The second kappa shape index (κ2) is 3.08. The van der Waals surface area contributed by atoms with E-state index in [4.69, 9.17) is 11.5 Å². The van der Waals surface area contributed by atoms with Crippen molar-refractivity contribution >= 4 is 0 Å². The Bertz CT molecular complexity index is 79.5. The van der Waals surface area contributed by atoms with E-state index in [9.17, 15) is 8.78 Å². The van der Waals surface area contributed by atoms with Crippen LogP contribution in [0.1, 0.15) is 13.3 Å². The number of halogens is 2. The van der Waals surface area contributed by atoms with Gasteiger partial charge in [0.2, 0.25) is 5.92 Å². The SMILES string of the molecule is CC(F)(F)CC(N)CN. The van der Waals surface area contributed by atoms with Crippen molar-refractivity contribution in [1.29, 1.82) is 0 Å². The molecule has 9 heavy (non-hydrogen) atoms. The van der Waals surface area contributed by atoms with E-state index < -0.39 is 12.0 Å². The molecule has 0 bridgehead atoms. The van der Waals surface area contributed by atoms with Crippen LogP contribution in [0.5, 0.6) is 0 Å². The molecule has 0 radical (unpaired) electrons. The first-order valence-electron chi connectivity index (χ1n) is 2.79. The minimum absolute atomic E-state index is 0.115. The van der Waals surface area contributed by atoms with E-state index in [1.165, 1.54) is 0 Å². The molecule has 0 aromatic rings. The highest BCUT2D eigenvalue weighted by Crippen LogP contribution is 2.17. The maximum Gasteiger partial charge on any atom is 0.246 e. The van der Waals surface area contributed by atoms with Crippen molar-refractivity contribution in [3.8, 4) is 0 Å². The lowest BCUT2D eigenvalue weighted by atomic mass is 10.1. The van der Waals surface area contributed by atoms with Crippen LogP contribution in [0, 0.1) is 0 Å². The van der Waals surface area contributed by atoms with E-state index in [1.807, 2.05) is 0 Å². The molecule has 0 aliphatic heterocycles. The molecule has 0 aromatic carbocycles. The van der Waals surface area contributed by atoms with Crippen LogP contribution in [0.3, 0.4) is 0 Å². The Morgan fingerprint density at radius 2 is 2.00 bits per heavy atom. The van der Waals surface area contributed by atoms with E-state index in [-0.39, 0.29) is 13.0 Å². The summed E-state index contributed by atoms with van der Waals surface area (Å²) in [6, 6.07) is -0.579. The van der Waals surface area contributed by atoms with Gasteiger partial charge in [-0.25, -0.2) is 8.78 Å². The zero-order chi connectivity index (χ0) is 7.49. The minimum Gasteiger partial charge on any atom is -0.329 e. The molecular weight excluding hydrogens is 126 g/mol. The monoisotopic (exact) mass is 138 g/mol. The van der Waals surface area contributed by atoms with Gasteiger partial charge in [0, 0.05) is 19.0 Å². The fourth-order valence-corrected chi connectivity index (χ4v) is 0.544. The molecule has 56 valence electrons. The van der Waals surface area contributed by atoms with Crippen LogP contribution in [0.4, 0.5) is 8.78 Å². The van der Waals surface area contributed by atoms with Crippen molar-refractivity contribution < 1.29 is 8.78 Å². The molecule has 1 atom stereocenters. The van der Waals surface area contributed by atoms with Gasteiger partial charge >= 0.3 is 0 Å². The summed E-state index contributed by atoms with van der Waals surface area (Å²) in [4.78, 5) is 0. The summed E-state index contributed by atoms with van der Waals surface area (Å²) in [7, 11) is 0. The Morgan fingerprint density at radius 3 is 2.11 bits per heavy atom. The maximum atomic E-state index is 12.0. The fourth-order valence-electron chi connectivity index (χ4n) is 0.544. The molecule has 0 rings (SSSR count). The van der Waals surface area contributed by atoms with Crippen molar-refractivity contribution in [3.63, 3.8) is 0 Å². The lowest BCUT2D eigenvalue weighted by Gasteiger charge is -2.13. The molecule has 2 nitrogen and oxygen atoms in total. The molecule has 1 unspecified atom stereocenters. The molecule has 0 aromatic heterocycles.